The molecule has 1 aliphatic rings. The maximum Gasteiger partial charge on any atom is 0.128 e. The molecule has 4 heteroatoms. The minimum absolute atomic E-state index is 0.0399. The zero-order valence-electron chi connectivity index (χ0n) is 10.0. The minimum atomic E-state index is -0.274. The molecule has 1 aromatic rings. The van der Waals surface area contributed by atoms with E-state index in [1.807, 2.05) is 13.0 Å². The number of halogens is 1. The Morgan fingerprint density at radius 2 is 2.18 bits per heavy atom. The Kier molecular flexibility index (Phi) is 4.10. The molecule has 3 N–H and O–H groups in total. The van der Waals surface area contributed by atoms with Gasteiger partial charge in [-0.05, 0) is 31.7 Å². The molecule has 1 saturated carbocycles. The van der Waals surface area contributed by atoms with E-state index in [0.29, 0.717) is 18.1 Å². The van der Waals surface area contributed by atoms with E-state index in [0.717, 1.165) is 12.8 Å². The number of benzene rings is 1. The van der Waals surface area contributed by atoms with Crippen LogP contribution < -0.4 is 11.3 Å². The van der Waals surface area contributed by atoms with E-state index in [2.05, 4.69) is 5.43 Å². The Balaban J connectivity index is 2.21. The molecule has 0 radical (unpaired) electrons. The SMILES string of the molecule is CCOC(C1CC1)C(NN)c1ccccc1F. The van der Waals surface area contributed by atoms with Gasteiger partial charge in [0, 0.05) is 12.2 Å². The van der Waals surface area contributed by atoms with E-state index in [-0.39, 0.29) is 18.0 Å². The molecular weight excluding hydrogens is 219 g/mol. The van der Waals surface area contributed by atoms with E-state index < -0.39 is 0 Å². The van der Waals surface area contributed by atoms with Gasteiger partial charge in [-0.1, -0.05) is 18.2 Å². The normalized spacial score (nSPS) is 19.0. The summed E-state index contributed by atoms with van der Waals surface area (Å²) in [7, 11) is 0. The van der Waals surface area contributed by atoms with Crippen molar-refractivity contribution in [2.24, 2.45) is 11.8 Å². The number of hydrazine groups is 1. The first-order chi connectivity index (χ1) is 8.27. The Labute approximate surface area is 101 Å². The first-order valence-corrected chi connectivity index (χ1v) is 6.10. The summed E-state index contributed by atoms with van der Waals surface area (Å²) in [5.41, 5.74) is 3.28. The summed E-state index contributed by atoms with van der Waals surface area (Å²) in [4.78, 5) is 0. The maximum atomic E-state index is 13.8. The van der Waals surface area contributed by atoms with Crippen LogP contribution in [-0.2, 0) is 4.74 Å². The van der Waals surface area contributed by atoms with Gasteiger partial charge in [0.05, 0.1) is 12.1 Å². The molecule has 2 unspecified atom stereocenters. The van der Waals surface area contributed by atoms with Gasteiger partial charge in [-0.25, -0.2) is 4.39 Å². The second kappa shape index (κ2) is 5.58. The van der Waals surface area contributed by atoms with Crippen LogP contribution in [0.15, 0.2) is 24.3 Å². The van der Waals surface area contributed by atoms with Crippen molar-refractivity contribution in [1.82, 2.24) is 5.43 Å². The largest absolute Gasteiger partial charge is 0.376 e. The molecule has 0 aromatic heterocycles. The van der Waals surface area contributed by atoms with Crippen LogP contribution in [0.1, 0.15) is 31.4 Å². The van der Waals surface area contributed by atoms with Crippen LogP contribution >= 0.6 is 0 Å². The molecule has 0 aliphatic heterocycles. The lowest BCUT2D eigenvalue weighted by atomic mass is 9.98. The van der Waals surface area contributed by atoms with Crippen LogP contribution in [0.2, 0.25) is 0 Å². The van der Waals surface area contributed by atoms with Crippen LogP contribution in [0.3, 0.4) is 0 Å². The third kappa shape index (κ3) is 2.83. The molecular formula is C13H19FN2O. The zero-order chi connectivity index (χ0) is 12.3. The van der Waals surface area contributed by atoms with Crippen LogP contribution in [0.25, 0.3) is 0 Å². The van der Waals surface area contributed by atoms with Gasteiger partial charge in [0.25, 0.3) is 0 Å². The highest BCUT2D eigenvalue weighted by Gasteiger charge is 2.38. The third-order valence-electron chi connectivity index (χ3n) is 3.19. The fraction of sp³-hybridized carbons (Fsp3) is 0.538. The summed E-state index contributed by atoms with van der Waals surface area (Å²) < 4.78 is 19.5. The van der Waals surface area contributed by atoms with Gasteiger partial charge in [0.2, 0.25) is 0 Å². The van der Waals surface area contributed by atoms with Gasteiger partial charge in [-0.15, -0.1) is 0 Å². The molecule has 94 valence electrons. The van der Waals surface area contributed by atoms with Crippen molar-refractivity contribution in [3.05, 3.63) is 35.6 Å². The summed E-state index contributed by atoms with van der Waals surface area (Å²) in [6, 6.07) is 6.44. The van der Waals surface area contributed by atoms with Crippen molar-refractivity contribution >= 4 is 0 Å². The van der Waals surface area contributed by atoms with Crippen molar-refractivity contribution < 1.29 is 9.13 Å². The Morgan fingerprint density at radius 1 is 1.47 bits per heavy atom. The van der Waals surface area contributed by atoms with Gasteiger partial charge in [0.15, 0.2) is 0 Å². The van der Waals surface area contributed by atoms with E-state index in [1.165, 1.54) is 6.07 Å². The molecule has 0 spiro atoms. The minimum Gasteiger partial charge on any atom is -0.376 e. The number of hydrogen-bond acceptors (Lipinski definition) is 3. The number of hydrogen-bond donors (Lipinski definition) is 2. The second-order valence-corrected chi connectivity index (χ2v) is 4.42. The zero-order valence-corrected chi connectivity index (χ0v) is 10.0. The first-order valence-electron chi connectivity index (χ1n) is 6.10. The highest BCUT2D eigenvalue weighted by Crippen LogP contribution is 2.40. The van der Waals surface area contributed by atoms with E-state index in [9.17, 15) is 4.39 Å². The highest BCUT2D eigenvalue weighted by atomic mass is 19.1. The van der Waals surface area contributed by atoms with Crippen molar-refractivity contribution in [2.45, 2.75) is 31.9 Å². The summed E-state index contributed by atoms with van der Waals surface area (Å²) in [6.07, 6.45) is 2.23. The summed E-state index contributed by atoms with van der Waals surface area (Å²) in [6.45, 7) is 2.57. The van der Waals surface area contributed by atoms with E-state index in [4.69, 9.17) is 10.6 Å². The van der Waals surface area contributed by atoms with Gasteiger partial charge in [-0.2, -0.15) is 0 Å². The van der Waals surface area contributed by atoms with Crippen molar-refractivity contribution in [3.63, 3.8) is 0 Å². The van der Waals surface area contributed by atoms with Gasteiger partial charge >= 0.3 is 0 Å². The highest BCUT2D eigenvalue weighted by molar-refractivity contribution is 5.23. The first kappa shape index (κ1) is 12.5. The lowest BCUT2D eigenvalue weighted by molar-refractivity contribution is 0.0177. The monoisotopic (exact) mass is 238 g/mol. The smallest absolute Gasteiger partial charge is 0.128 e. The lowest BCUT2D eigenvalue weighted by Gasteiger charge is -2.27. The van der Waals surface area contributed by atoms with Gasteiger partial charge in [-0.3, -0.25) is 11.3 Å². The summed E-state index contributed by atoms with van der Waals surface area (Å²) in [5.74, 6) is 5.83. The predicted molar refractivity (Wildman–Crippen MR) is 64.6 cm³/mol. The average molecular weight is 238 g/mol. The summed E-state index contributed by atoms with van der Waals surface area (Å²) in [5, 5.41) is 0. The summed E-state index contributed by atoms with van der Waals surface area (Å²) >= 11 is 0. The molecule has 1 fully saturated rings. The number of nitrogens with two attached hydrogens (primary N) is 1. The number of ether oxygens (including phenoxy) is 1. The number of rotatable bonds is 6. The van der Waals surface area contributed by atoms with Crippen LogP contribution in [-0.4, -0.2) is 12.7 Å². The topological polar surface area (TPSA) is 47.3 Å². The predicted octanol–water partition coefficient (Wildman–Crippen LogP) is 2.15. The Hall–Kier alpha value is -0.970. The molecule has 0 heterocycles. The van der Waals surface area contributed by atoms with E-state index >= 15 is 0 Å². The Bertz CT molecular complexity index is 368. The lowest BCUT2D eigenvalue weighted by Crippen LogP contribution is -2.39. The fourth-order valence-electron chi connectivity index (χ4n) is 2.21. The van der Waals surface area contributed by atoms with Crippen molar-refractivity contribution in [3.8, 4) is 0 Å². The standard InChI is InChI=1S/C13H19FN2O/c1-2-17-13(9-7-8-9)12(16-15)10-5-3-4-6-11(10)14/h3-6,9,12-13,16H,2,7-8,15H2,1H3. The molecule has 0 amide bonds. The van der Waals surface area contributed by atoms with Gasteiger partial charge < -0.3 is 4.74 Å². The van der Waals surface area contributed by atoms with Crippen LogP contribution in [0, 0.1) is 11.7 Å². The molecule has 2 atom stereocenters. The number of nitrogens with one attached hydrogen (secondary N) is 1. The van der Waals surface area contributed by atoms with Crippen molar-refractivity contribution in [1.29, 1.82) is 0 Å². The molecule has 3 nitrogen and oxygen atoms in total. The molecule has 1 aliphatic carbocycles. The third-order valence-corrected chi connectivity index (χ3v) is 3.19. The second-order valence-electron chi connectivity index (χ2n) is 4.42. The Morgan fingerprint density at radius 3 is 2.71 bits per heavy atom. The quantitative estimate of drug-likeness (QED) is 0.589. The fourth-order valence-corrected chi connectivity index (χ4v) is 2.21. The average Bonchev–Trinajstić information content (AvgIpc) is 3.15. The molecule has 17 heavy (non-hydrogen) atoms. The van der Waals surface area contributed by atoms with Crippen LogP contribution in [0.4, 0.5) is 4.39 Å². The van der Waals surface area contributed by atoms with Gasteiger partial charge in [0.1, 0.15) is 5.82 Å². The molecule has 0 bridgehead atoms. The molecule has 1 aromatic carbocycles. The van der Waals surface area contributed by atoms with Crippen LogP contribution in [0.5, 0.6) is 0 Å². The molecule has 0 saturated heterocycles. The van der Waals surface area contributed by atoms with Crippen molar-refractivity contribution in [2.75, 3.05) is 6.61 Å². The molecule has 2 rings (SSSR count). The van der Waals surface area contributed by atoms with E-state index in [1.54, 1.807) is 12.1 Å². The maximum absolute atomic E-state index is 13.8.